The number of sulfonamides is 1. The number of rotatable bonds is 8. The summed E-state index contributed by atoms with van der Waals surface area (Å²) in [7, 11) is -0.338. The van der Waals surface area contributed by atoms with Crippen LogP contribution in [-0.2, 0) is 10.0 Å². The Morgan fingerprint density at radius 1 is 1.15 bits per heavy atom. The van der Waals surface area contributed by atoms with Gasteiger partial charge in [-0.25, -0.2) is 17.8 Å². The largest absolute Gasteiger partial charge is 0.493 e. The van der Waals surface area contributed by atoms with E-state index in [9.17, 15) is 8.42 Å². The van der Waals surface area contributed by atoms with Crippen molar-refractivity contribution in [2.75, 3.05) is 38.4 Å². The number of aromatic nitrogens is 4. The molecule has 0 aliphatic carbocycles. The second kappa shape index (κ2) is 10.3. The Hall–Kier alpha value is -3.19. The van der Waals surface area contributed by atoms with E-state index in [0.29, 0.717) is 62.4 Å². The quantitative estimate of drug-likeness (QED) is 0.294. The smallest absolute Gasteiger partial charge is 0.211 e. The second-order valence-electron chi connectivity index (χ2n) is 10.0. The maximum absolute atomic E-state index is 15.3. The molecule has 0 bridgehead atoms. The molecule has 1 unspecified atom stereocenters. The molecule has 1 aromatic carbocycles. The zero-order valence-electron chi connectivity index (χ0n) is 22.4. The van der Waals surface area contributed by atoms with Crippen molar-refractivity contribution in [3.8, 4) is 22.8 Å². The number of likely N-dealkylation sites (N-methyl/N-ethyl adjacent to an activating group) is 1. The number of H-pyrrole nitrogens is 1. The van der Waals surface area contributed by atoms with Crippen LogP contribution in [0.4, 0.5) is 10.2 Å². The minimum Gasteiger partial charge on any atom is -0.493 e. The normalized spacial score (nSPS) is 15.8. The van der Waals surface area contributed by atoms with Gasteiger partial charge in [0.25, 0.3) is 0 Å². The number of benzene rings is 1. The molecule has 0 spiro atoms. The first-order chi connectivity index (χ1) is 18.8. The standard InChI is InChI=1S/C26H27Cl2FN6O4S/c1-14(23-17(27)10-30-11-18(23)28)39-22-7-16-20(8-21(22)38-4)32-33-24(16)15-6-19(29)25(31-9-15)35-12-26(2,13-35)34(3)40(5,36)37/h6-11,14H,12-13H2,1-5H3,(H,32,33). The lowest BCUT2D eigenvalue weighted by molar-refractivity contribution is 0.188. The van der Waals surface area contributed by atoms with Gasteiger partial charge in [0.05, 0.1) is 34.5 Å². The van der Waals surface area contributed by atoms with Crippen LogP contribution >= 0.6 is 23.2 Å². The third kappa shape index (κ3) is 5.05. The third-order valence-electron chi connectivity index (χ3n) is 7.16. The van der Waals surface area contributed by atoms with Gasteiger partial charge in [-0.2, -0.15) is 9.40 Å². The van der Waals surface area contributed by atoms with E-state index in [1.807, 2.05) is 6.92 Å². The van der Waals surface area contributed by atoms with Crippen molar-refractivity contribution in [2.24, 2.45) is 0 Å². The van der Waals surface area contributed by atoms with Crippen LogP contribution in [-0.4, -0.2) is 71.9 Å². The van der Waals surface area contributed by atoms with Crippen LogP contribution in [0.15, 0.2) is 36.8 Å². The van der Waals surface area contributed by atoms with Gasteiger partial charge in [-0.3, -0.25) is 10.1 Å². The molecular weight excluding hydrogens is 582 g/mol. The summed E-state index contributed by atoms with van der Waals surface area (Å²) in [5.41, 5.74) is 1.51. The number of methoxy groups -OCH3 is 1. The van der Waals surface area contributed by atoms with Gasteiger partial charge in [0.1, 0.15) is 11.8 Å². The van der Waals surface area contributed by atoms with Crippen molar-refractivity contribution in [1.29, 1.82) is 0 Å². The third-order valence-corrected chi connectivity index (χ3v) is 9.20. The molecular formula is C26H27Cl2FN6O4S. The highest BCUT2D eigenvalue weighted by Gasteiger charge is 2.46. The van der Waals surface area contributed by atoms with Gasteiger partial charge in [-0.05, 0) is 26.0 Å². The average Bonchev–Trinajstić information content (AvgIpc) is 3.28. The maximum Gasteiger partial charge on any atom is 0.211 e. The van der Waals surface area contributed by atoms with E-state index in [1.165, 1.54) is 43.1 Å². The molecule has 1 atom stereocenters. The number of pyridine rings is 2. The number of nitrogens with zero attached hydrogens (tertiary/aromatic N) is 5. The monoisotopic (exact) mass is 608 g/mol. The fourth-order valence-corrected chi connectivity index (χ4v) is 6.46. The Labute approximate surface area is 241 Å². The van der Waals surface area contributed by atoms with Crippen LogP contribution in [0.5, 0.6) is 11.5 Å². The molecule has 14 heteroatoms. The number of halogens is 3. The number of ether oxygens (including phenoxy) is 2. The van der Waals surface area contributed by atoms with Crippen molar-refractivity contribution >= 4 is 49.9 Å². The molecule has 0 radical (unpaired) electrons. The fourth-order valence-electron chi connectivity index (χ4n) is 4.87. The van der Waals surface area contributed by atoms with Gasteiger partial charge in [0, 0.05) is 61.3 Å². The van der Waals surface area contributed by atoms with E-state index in [2.05, 4.69) is 20.2 Å². The molecule has 1 N–H and O–H groups in total. The minimum atomic E-state index is -3.39. The van der Waals surface area contributed by atoms with Gasteiger partial charge < -0.3 is 14.4 Å². The Kier molecular flexibility index (Phi) is 7.32. The van der Waals surface area contributed by atoms with Gasteiger partial charge in [0.2, 0.25) is 10.0 Å². The summed E-state index contributed by atoms with van der Waals surface area (Å²) in [6, 6.07) is 4.85. The molecule has 40 heavy (non-hydrogen) atoms. The average molecular weight is 610 g/mol. The molecule has 3 aromatic heterocycles. The number of hydrogen-bond donors (Lipinski definition) is 1. The lowest BCUT2D eigenvalue weighted by Crippen LogP contribution is -2.69. The van der Waals surface area contributed by atoms with E-state index < -0.39 is 27.5 Å². The number of nitrogens with one attached hydrogen (secondary N) is 1. The van der Waals surface area contributed by atoms with Gasteiger partial charge in [0.15, 0.2) is 23.1 Å². The lowest BCUT2D eigenvalue weighted by atomic mass is 9.92. The highest BCUT2D eigenvalue weighted by Crippen LogP contribution is 2.40. The molecule has 0 amide bonds. The maximum atomic E-state index is 15.3. The molecule has 1 fully saturated rings. The molecule has 1 saturated heterocycles. The highest BCUT2D eigenvalue weighted by atomic mass is 35.5. The summed E-state index contributed by atoms with van der Waals surface area (Å²) < 4.78 is 52.3. The Morgan fingerprint density at radius 2 is 1.82 bits per heavy atom. The van der Waals surface area contributed by atoms with Crippen molar-refractivity contribution < 1.29 is 22.3 Å². The van der Waals surface area contributed by atoms with Crippen LogP contribution in [0, 0.1) is 5.82 Å². The SMILES string of the molecule is COc1cc2[nH]nc(-c3cnc(N4CC(C)(N(C)S(C)(=O)=O)C4)c(F)c3)c2cc1OC(C)c1c(Cl)cncc1Cl. The zero-order chi connectivity index (χ0) is 29.0. The molecule has 10 nitrogen and oxygen atoms in total. The summed E-state index contributed by atoms with van der Waals surface area (Å²) in [5, 5.41) is 8.74. The first kappa shape index (κ1) is 28.3. The van der Waals surface area contributed by atoms with Crippen molar-refractivity contribution in [1.82, 2.24) is 24.5 Å². The minimum absolute atomic E-state index is 0.147. The van der Waals surface area contributed by atoms with Crippen molar-refractivity contribution in [2.45, 2.75) is 25.5 Å². The molecule has 212 valence electrons. The predicted molar refractivity (Wildman–Crippen MR) is 152 cm³/mol. The van der Waals surface area contributed by atoms with Crippen LogP contribution in [0.1, 0.15) is 25.5 Å². The zero-order valence-corrected chi connectivity index (χ0v) is 24.7. The van der Waals surface area contributed by atoms with Crippen LogP contribution < -0.4 is 14.4 Å². The van der Waals surface area contributed by atoms with E-state index in [-0.39, 0.29) is 5.82 Å². The summed E-state index contributed by atoms with van der Waals surface area (Å²) >= 11 is 12.6. The van der Waals surface area contributed by atoms with E-state index >= 15 is 4.39 Å². The van der Waals surface area contributed by atoms with Crippen molar-refractivity contribution in [3.63, 3.8) is 0 Å². The number of anilines is 1. The van der Waals surface area contributed by atoms with Crippen molar-refractivity contribution in [3.05, 3.63) is 58.2 Å². The first-order valence-electron chi connectivity index (χ1n) is 12.2. The summed E-state index contributed by atoms with van der Waals surface area (Å²) in [6.07, 6.45) is 5.14. The Balaban J connectivity index is 1.44. The summed E-state index contributed by atoms with van der Waals surface area (Å²) in [4.78, 5) is 10.0. The number of aromatic amines is 1. The molecule has 5 rings (SSSR count). The van der Waals surface area contributed by atoms with E-state index in [1.54, 1.807) is 24.0 Å². The second-order valence-corrected chi connectivity index (χ2v) is 12.8. The van der Waals surface area contributed by atoms with Gasteiger partial charge >= 0.3 is 0 Å². The van der Waals surface area contributed by atoms with Crippen LogP contribution in [0.25, 0.3) is 22.2 Å². The lowest BCUT2D eigenvalue weighted by Gasteiger charge is -2.52. The Bertz CT molecular complexity index is 1690. The van der Waals surface area contributed by atoms with Gasteiger partial charge in [-0.15, -0.1) is 0 Å². The molecule has 4 aromatic rings. The first-order valence-corrected chi connectivity index (χ1v) is 14.8. The molecule has 0 saturated carbocycles. The number of fused-ring (bicyclic) bond motifs is 1. The summed E-state index contributed by atoms with van der Waals surface area (Å²) in [6.45, 7) is 4.25. The molecule has 4 heterocycles. The topological polar surface area (TPSA) is 114 Å². The van der Waals surface area contributed by atoms with Crippen LogP contribution in [0.3, 0.4) is 0 Å². The predicted octanol–water partition coefficient (Wildman–Crippen LogP) is 5.08. The number of hydrogen-bond acceptors (Lipinski definition) is 8. The van der Waals surface area contributed by atoms with Crippen LogP contribution in [0.2, 0.25) is 10.0 Å². The highest BCUT2D eigenvalue weighted by molar-refractivity contribution is 7.88. The fraction of sp³-hybridized carbons (Fsp3) is 0.346. The van der Waals surface area contributed by atoms with Gasteiger partial charge in [-0.1, -0.05) is 23.2 Å². The molecule has 1 aliphatic rings. The molecule has 1 aliphatic heterocycles. The van der Waals surface area contributed by atoms with E-state index in [4.69, 9.17) is 32.7 Å². The summed E-state index contributed by atoms with van der Waals surface area (Å²) in [5.74, 6) is 0.469. The van der Waals surface area contributed by atoms with E-state index in [0.717, 1.165) is 6.26 Å². The Morgan fingerprint density at radius 3 is 2.42 bits per heavy atom.